The third-order valence-electron chi connectivity index (χ3n) is 7.91. The zero-order valence-corrected chi connectivity index (χ0v) is 19.5. The molecule has 0 saturated heterocycles. The number of hydrogen-bond donors (Lipinski definition) is 0. The van der Waals surface area contributed by atoms with Gasteiger partial charge in [0.05, 0.1) is 16.7 Å². The lowest BCUT2D eigenvalue weighted by Crippen LogP contribution is -2.15. The topological polar surface area (TPSA) is 31.0 Å². The van der Waals surface area contributed by atoms with E-state index in [0.29, 0.717) is 0 Å². The van der Waals surface area contributed by atoms with Crippen molar-refractivity contribution in [1.29, 1.82) is 0 Å². The van der Waals surface area contributed by atoms with E-state index in [1.807, 2.05) is 6.07 Å². The first kappa shape index (κ1) is 19.0. The first-order chi connectivity index (χ1) is 17.1. The average molecular weight is 451 g/mol. The average Bonchev–Trinajstić information content (AvgIpc) is 3.55. The quantitative estimate of drug-likeness (QED) is 0.251. The summed E-state index contributed by atoms with van der Waals surface area (Å²) in [6, 6.07) is 33.0. The summed E-state index contributed by atoms with van der Waals surface area (Å²) in [6.45, 7) is 4.73. The van der Waals surface area contributed by atoms with Crippen molar-refractivity contribution in [3.05, 3.63) is 109 Å². The molecule has 1 aliphatic rings. The van der Waals surface area contributed by atoms with Crippen molar-refractivity contribution < 1.29 is 4.42 Å². The molecule has 0 aliphatic heterocycles. The molecule has 5 aromatic carbocycles. The van der Waals surface area contributed by atoms with Crippen LogP contribution in [-0.4, -0.2) is 9.55 Å². The number of para-hydroxylation sites is 2. The maximum atomic E-state index is 5.87. The Morgan fingerprint density at radius 1 is 0.714 bits per heavy atom. The number of rotatable bonds is 1. The third-order valence-corrected chi connectivity index (χ3v) is 7.91. The highest BCUT2D eigenvalue weighted by molar-refractivity contribution is 6.12. The monoisotopic (exact) mass is 450 g/mol. The molecule has 0 N–H and O–H groups in total. The van der Waals surface area contributed by atoms with Crippen LogP contribution in [0, 0.1) is 0 Å². The van der Waals surface area contributed by atoms with Crippen molar-refractivity contribution in [3.63, 3.8) is 0 Å². The van der Waals surface area contributed by atoms with Gasteiger partial charge in [-0.25, -0.2) is 4.98 Å². The highest BCUT2D eigenvalue weighted by atomic mass is 16.3. The molecule has 2 heterocycles. The van der Waals surface area contributed by atoms with Crippen LogP contribution in [0.3, 0.4) is 0 Å². The fourth-order valence-corrected chi connectivity index (χ4v) is 6.37. The van der Waals surface area contributed by atoms with E-state index >= 15 is 0 Å². The van der Waals surface area contributed by atoms with Crippen molar-refractivity contribution in [2.24, 2.45) is 0 Å². The Hall–Kier alpha value is -4.37. The number of benzene rings is 5. The van der Waals surface area contributed by atoms with E-state index in [1.54, 1.807) is 0 Å². The Morgan fingerprint density at radius 2 is 1.54 bits per heavy atom. The van der Waals surface area contributed by atoms with Gasteiger partial charge < -0.3 is 8.98 Å². The van der Waals surface area contributed by atoms with Crippen molar-refractivity contribution in [2.45, 2.75) is 19.3 Å². The Morgan fingerprint density at radius 3 is 2.46 bits per heavy atom. The fourth-order valence-electron chi connectivity index (χ4n) is 6.37. The van der Waals surface area contributed by atoms with Gasteiger partial charge in [-0.1, -0.05) is 74.5 Å². The molecule has 0 saturated carbocycles. The van der Waals surface area contributed by atoms with Gasteiger partial charge in [0.1, 0.15) is 5.52 Å². The van der Waals surface area contributed by atoms with Gasteiger partial charge in [0.15, 0.2) is 12.0 Å². The number of oxazole rings is 1. The molecule has 0 spiro atoms. The van der Waals surface area contributed by atoms with E-state index in [-0.39, 0.29) is 5.41 Å². The second-order valence-corrected chi connectivity index (χ2v) is 10.1. The SMILES string of the molecule is CC1(C)c2cc3c4ccccc4n(-c4cccc5ncoc45)c3cc2-c2ccc3ccccc3c21. The molecule has 1 aliphatic carbocycles. The van der Waals surface area contributed by atoms with Gasteiger partial charge in [0.25, 0.3) is 0 Å². The smallest absolute Gasteiger partial charge is 0.182 e. The maximum absolute atomic E-state index is 5.87. The molecule has 0 amide bonds. The molecular weight excluding hydrogens is 428 g/mol. The maximum Gasteiger partial charge on any atom is 0.182 e. The number of nitrogens with zero attached hydrogens (tertiary/aromatic N) is 2. The summed E-state index contributed by atoms with van der Waals surface area (Å²) in [6.07, 6.45) is 1.53. The van der Waals surface area contributed by atoms with Crippen molar-refractivity contribution in [1.82, 2.24) is 9.55 Å². The summed E-state index contributed by atoms with van der Waals surface area (Å²) in [5.41, 5.74) is 10.4. The molecule has 8 rings (SSSR count). The Labute approximate surface area is 202 Å². The summed E-state index contributed by atoms with van der Waals surface area (Å²) in [7, 11) is 0. The first-order valence-corrected chi connectivity index (χ1v) is 12.1. The van der Waals surface area contributed by atoms with Crippen LogP contribution in [-0.2, 0) is 5.41 Å². The van der Waals surface area contributed by atoms with E-state index in [4.69, 9.17) is 4.42 Å². The van der Waals surface area contributed by atoms with E-state index in [1.165, 1.54) is 61.2 Å². The third kappa shape index (κ3) is 2.33. The fraction of sp³-hybridized carbons (Fsp3) is 0.0938. The van der Waals surface area contributed by atoms with Gasteiger partial charge in [-0.3, -0.25) is 0 Å². The molecule has 0 atom stereocenters. The molecule has 2 aromatic heterocycles. The van der Waals surface area contributed by atoms with Crippen LogP contribution < -0.4 is 0 Å². The standard InChI is InChI=1S/C32H22N2O/c1-32(2)25-16-24-21-10-5-6-12-27(21)34(28-13-7-11-26-31(28)35-18-33-26)29(24)17-23(25)22-15-14-19-8-3-4-9-20(19)30(22)32/h3-18H,1-2H3. The lowest BCUT2D eigenvalue weighted by molar-refractivity contribution is 0.600. The van der Waals surface area contributed by atoms with Crippen LogP contribution >= 0.6 is 0 Å². The summed E-state index contributed by atoms with van der Waals surface area (Å²) in [5, 5.41) is 5.15. The van der Waals surface area contributed by atoms with Crippen molar-refractivity contribution in [3.8, 4) is 16.8 Å². The van der Waals surface area contributed by atoms with Crippen LogP contribution in [0.4, 0.5) is 0 Å². The second kappa shape index (κ2) is 6.39. The summed E-state index contributed by atoms with van der Waals surface area (Å²) in [4.78, 5) is 4.40. The van der Waals surface area contributed by atoms with Gasteiger partial charge in [-0.2, -0.15) is 0 Å². The molecule has 3 nitrogen and oxygen atoms in total. The minimum Gasteiger partial charge on any atom is -0.441 e. The van der Waals surface area contributed by atoms with Gasteiger partial charge >= 0.3 is 0 Å². The van der Waals surface area contributed by atoms with Crippen LogP contribution in [0.25, 0.3) is 60.5 Å². The van der Waals surface area contributed by atoms with Gasteiger partial charge in [0, 0.05) is 16.2 Å². The first-order valence-electron chi connectivity index (χ1n) is 12.1. The van der Waals surface area contributed by atoms with Gasteiger partial charge in [-0.15, -0.1) is 0 Å². The summed E-state index contributed by atoms with van der Waals surface area (Å²) >= 11 is 0. The summed E-state index contributed by atoms with van der Waals surface area (Å²) < 4.78 is 8.21. The zero-order chi connectivity index (χ0) is 23.3. The molecule has 166 valence electrons. The highest BCUT2D eigenvalue weighted by Crippen LogP contribution is 2.53. The minimum atomic E-state index is -0.0894. The van der Waals surface area contributed by atoms with Crippen molar-refractivity contribution >= 4 is 43.7 Å². The van der Waals surface area contributed by atoms with E-state index in [0.717, 1.165) is 16.8 Å². The molecular formula is C32H22N2O. The highest BCUT2D eigenvalue weighted by Gasteiger charge is 2.37. The molecule has 3 heteroatoms. The molecule has 0 unspecified atom stereocenters. The second-order valence-electron chi connectivity index (χ2n) is 10.1. The van der Waals surface area contributed by atoms with Gasteiger partial charge in [-0.05, 0) is 63.4 Å². The lowest BCUT2D eigenvalue weighted by Gasteiger charge is -2.23. The Bertz CT molecular complexity index is 1990. The van der Waals surface area contributed by atoms with E-state index < -0.39 is 0 Å². The van der Waals surface area contributed by atoms with Crippen molar-refractivity contribution in [2.75, 3.05) is 0 Å². The van der Waals surface area contributed by atoms with E-state index in [9.17, 15) is 0 Å². The number of hydrogen-bond acceptors (Lipinski definition) is 2. The Kier molecular flexibility index (Phi) is 3.47. The predicted octanol–water partition coefficient (Wildman–Crippen LogP) is 8.38. The van der Waals surface area contributed by atoms with Crippen LogP contribution in [0.2, 0.25) is 0 Å². The molecule has 0 bridgehead atoms. The largest absolute Gasteiger partial charge is 0.441 e. The number of aromatic nitrogens is 2. The molecule has 7 aromatic rings. The van der Waals surface area contributed by atoms with Crippen LogP contribution in [0.5, 0.6) is 0 Å². The lowest BCUT2D eigenvalue weighted by atomic mass is 9.80. The normalized spacial score (nSPS) is 14.2. The number of fused-ring (bicyclic) bond motifs is 9. The molecule has 0 radical (unpaired) electrons. The van der Waals surface area contributed by atoms with Gasteiger partial charge in [0.2, 0.25) is 0 Å². The zero-order valence-electron chi connectivity index (χ0n) is 19.5. The minimum absolute atomic E-state index is 0.0894. The van der Waals surface area contributed by atoms with E-state index in [2.05, 4.69) is 108 Å². The molecule has 35 heavy (non-hydrogen) atoms. The Balaban J connectivity index is 1.54. The van der Waals surface area contributed by atoms with Crippen LogP contribution in [0.1, 0.15) is 25.0 Å². The predicted molar refractivity (Wildman–Crippen MR) is 143 cm³/mol. The van der Waals surface area contributed by atoms with Crippen LogP contribution in [0.15, 0.2) is 102 Å². The summed E-state index contributed by atoms with van der Waals surface area (Å²) in [5.74, 6) is 0. The molecule has 0 fully saturated rings.